The van der Waals surface area contributed by atoms with Gasteiger partial charge in [0.25, 0.3) is 0 Å². The standard InChI is InChI=1S/C18H14O2/c19-16-10-8-14(9-11-16)18(13-4-1-2-5-13)15-6-3-7-17(20)12-15/h1-4,6-12,18-20H. The van der Waals surface area contributed by atoms with Crippen molar-refractivity contribution in [2.75, 3.05) is 0 Å². The summed E-state index contributed by atoms with van der Waals surface area (Å²) >= 11 is 0. The molecule has 3 rings (SSSR count). The van der Waals surface area contributed by atoms with E-state index in [2.05, 4.69) is 5.73 Å². The Labute approximate surface area is 117 Å². The van der Waals surface area contributed by atoms with Gasteiger partial charge in [-0.3, -0.25) is 0 Å². The average Bonchev–Trinajstić information content (AvgIpc) is 2.95. The predicted molar refractivity (Wildman–Crippen MR) is 78.8 cm³/mol. The van der Waals surface area contributed by atoms with Crippen LogP contribution in [0.4, 0.5) is 0 Å². The molecule has 0 spiro atoms. The lowest BCUT2D eigenvalue weighted by Gasteiger charge is -2.18. The second-order valence-electron chi connectivity index (χ2n) is 4.74. The van der Waals surface area contributed by atoms with E-state index in [1.54, 1.807) is 24.3 Å². The van der Waals surface area contributed by atoms with Crippen molar-refractivity contribution < 1.29 is 10.2 Å². The molecular weight excluding hydrogens is 248 g/mol. The third kappa shape index (κ3) is 2.37. The number of rotatable bonds is 3. The molecule has 0 aliphatic heterocycles. The van der Waals surface area contributed by atoms with Gasteiger partial charge in [0.1, 0.15) is 11.5 Å². The van der Waals surface area contributed by atoms with Crippen molar-refractivity contribution in [3.8, 4) is 11.5 Å². The number of phenols is 2. The highest BCUT2D eigenvalue weighted by molar-refractivity contribution is 5.49. The van der Waals surface area contributed by atoms with E-state index in [1.807, 2.05) is 42.5 Å². The van der Waals surface area contributed by atoms with Gasteiger partial charge in [-0.05, 0) is 47.5 Å². The van der Waals surface area contributed by atoms with Crippen molar-refractivity contribution in [2.45, 2.75) is 5.92 Å². The van der Waals surface area contributed by atoms with Crippen LogP contribution in [0.5, 0.6) is 11.5 Å². The molecule has 2 N–H and O–H groups in total. The summed E-state index contributed by atoms with van der Waals surface area (Å²) in [6.07, 6.45) is 5.85. The quantitative estimate of drug-likeness (QED) is 0.824. The molecule has 20 heavy (non-hydrogen) atoms. The Morgan fingerprint density at radius 1 is 0.850 bits per heavy atom. The molecule has 0 bridgehead atoms. The van der Waals surface area contributed by atoms with E-state index < -0.39 is 0 Å². The number of benzene rings is 2. The van der Waals surface area contributed by atoms with Crippen LogP contribution in [0.15, 0.2) is 78.1 Å². The monoisotopic (exact) mass is 262 g/mol. The van der Waals surface area contributed by atoms with E-state index in [1.165, 1.54) is 0 Å². The van der Waals surface area contributed by atoms with Gasteiger partial charge in [0.05, 0.1) is 0 Å². The molecule has 0 radical (unpaired) electrons. The maximum absolute atomic E-state index is 9.70. The Balaban J connectivity index is 2.11. The van der Waals surface area contributed by atoms with Crippen LogP contribution in [0, 0.1) is 0 Å². The van der Waals surface area contributed by atoms with Gasteiger partial charge in [0.2, 0.25) is 0 Å². The van der Waals surface area contributed by atoms with Crippen molar-refractivity contribution in [2.24, 2.45) is 0 Å². The Morgan fingerprint density at radius 3 is 2.30 bits per heavy atom. The SMILES string of the molecule is Oc1ccc(C(C2=C=CC=C2)c2cccc(O)c2)cc1. The van der Waals surface area contributed by atoms with Crippen LogP contribution in [-0.2, 0) is 0 Å². The summed E-state index contributed by atoms with van der Waals surface area (Å²) in [4.78, 5) is 0. The van der Waals surface area contributed by atoms with Crippen molar-refractivity contribution in [3.05, 3.63) is 89.2 Å². The van der Waals surface area contributed by atoms with Gasteiger partial charge >= 0.3 is 0 Å². The van der Waals surface area contributed by atoms with Crippen LogP contribution in [0.3, 0.4) is 0 Å². The lowest BCUT2D eigenvalue weighted by molar-refractivity contribution is 0.473. The van der Waals surface area contributed by atoms with Gasteiger partial charge in [0.15, 0.2) is 0 Å². The van der Waals surface area contributed by atoms with Gasteiger partial charge in [0, 0.05) is 11.5 Å². The van der Waals surface area contributed by atoms with Crippen molar-refractivity contribution in [1.29, 1.82) is 0 Å². The Morgan fingerprint density at radius 2 is 1.65 bits per heavy atom. The first kappa shape index (κ1) is 12.3. The molecule has 98 valence electrons. The fourth-order valence-corrected chi connectivity index (χ4v) is 2.45. The zero-order chi connectivity index (χ0) is 13.9. The normalized spacial score (nSPS) is 14.3. The van der Waals surface area contributed by atoms with Crippen LogP contribution in [0.25, 0.3) is 0 Å². The van der Waals surface area contributed by atoms with E-state index in [9.17, 15) is 10.2 Å². The summed E-state index contributed by atoms with van der Waals surface area (Å²) < 4.78 is 0. The minimum Gasteiger partial charge on any atom is -0.508 e. The fraction of sp³-hybridized carbons (Fsp3) is 0.0556. The van der Waals surface area contributed by atoms with Gasteiger partial charge < -0.3 is 10.2 Å². The summed E-state index contributed by atoms with van der Waals surface area (Å²) in [5.74, 6) is 0.491. The highest BCUT2D eigenvalue weighted by atomic mass is 16.3. The van der Waals surface area contributed by atoms with Crippen molar-refractivity contribution in [1.82, 2.24) is 0 Å². The number of allylic oxidation sites excluding steroid dienone is 3. The molecule has 1 aliphatic rings. The van der Waals surface area contributed by atoms with Crippen LogP contribution < -0.4 is 0 Å². The highest BCUT2D eigenvalue weighted by Gasteiger charge is 2.18. The van der Waals surface area contributed by atoms with Crippen LogP contribution >= 0.6 is 0 Å². The lowest BCUT2D eigenvalue weighted by atomic mass is 9.85. The topological polar surface area (TPSA) is 40.5 Å². The Hall–Kier alpha value is -2.70. The predicted octanol–water partition coefficient (Wildman–Crippen LogP) is 3.88. The lowest BCUT2D eigenvalue weighted by Crippen LogP contribution is -2.02. The fourth-order valence-electron chi connectivity index (χ4n) is 2.45. The summed E-state index contributed by atoms with van der Waals surface area (Å²) in [5, 5.41) is 19.1. The molecule has 2 aromatic carbocycles. The molecule has 0 amide bonds. The molecule has 2 heteroatoms. The van der Waals surface area contributed by atoms with Crippen molar-refractivity contribution >= 4 is 0 Å². The molecule has 1 atom stereocenters. The Bertz CT molecular complexity index is 717. The van der Waals surface area contributed by atoms with E-state index in [-0.39, 0.29) is 17.4 Å². The minimum atomic E-state index is -0.00213. The first-order chi connectivity index (χ1) is 9.74. The smallest absolute Gasteiger partial charge is 0.115 e. The maximum Gasteiger partial charge on any atom is 0.115 e. The molecule has 0 saturated carbocycles. The second-order valence-corrected chi connectivity index (χ2v) is 4.74. The van der Waals surface area contributed by atoms with E-state index in [4.69, 9.17) is 0 Å². The van der Waals surface area contributed by atoms with Gasteiger partial charge in [-0.15, -0.1) is 5.73 Å². The zero-order valence-electron chi connectivity index (χ0n) is 10.8. The van der Waals surface area contributed by atoms with Crippen LogP contribution in [0.2, 0.25) is 0 Å². The summed E-state index contributed by atoms with van der Waals surface area (Å²) in [6, 6.07) is 14.4. The van der Waals surface area contributed by atoms with Crippen LogP contribution in [0.1, 0.15) is 17.0 Å². The molecule has 0 heterocycles. The second kappa shape index (κ2) is 5.12. The molecule has 0 fully saturated rings. The molecule has 2 aromatic rings. The van der Waals surface area contributed by atoms with E-state index >= 15 is 0 Å². The number of phenolic OH excluding ortho intramolecular Hbond substituents is 2. The maximum atomic E-state index is 9.70. The minimum absolute atomic E-state index is 0.00213. The molecule has 1 aliphatic carbocycles. The zero-order valence-corrected chi connectivity index (χ0v) is 10.8. The van der Waals surface area contributed by atoms with Crippen LogP contribution in [-0.4, -0.2) is 10.2 Å². The molecule has 2 nitrogen and oxygen atoms in total. The summed E-state index contributed by atoms with van der Waals surface area (Å²) in [6.45, 7) is 0. The number of hydrogen-bond acceptors (Lipinski definition) is 2. The average molecular weight is 262 g/mol. The highest BCUT2D eigenvalue weighted by Crippen LogP contribution is 2.35. The summed E-state index contributed by atoms with van der Waals surface area (Å²) in [7, 11) is 0. The molecule has 0 saturated heterocycles. The first-order valence-electron chi connectivity index (χ1n) is 6.45. The number of hydrogen-bond donors (Lipinski definition) is 2. The van der Waals surface area contributed by atoms with E-state index in [0.717, 1.165) is 16.7 Å². The number of aromatic hydroxyl groups is 2. The molecule has 1 unspecified atom stereocenters. The van der Waals surface area contributed by atoms with Gasteiger partial charge in [-0.2, -0.15) is 0 Å². The molecule has 0 aromatic heterocycles. The van der Waals surface area contributed by atoms with Gasteiger partial charge in [-0.1, -0.05) is 30.3 Å². The van der Waals surface area contributed by atoms with Gasteiger partial charge in [-0.25, -0.2) is 0 Å². The summed E-state index contributed by atoms with van der Waals surface area (Å²) in [5.41, 5.74) is 6.32. The van der Waals surface area contributed by atoms with E-state index in [0.29, 0.717) is 0 Å². The Kier molecular flexibility index (Phi) is 3.16. The third-order valence-electron chi connectivity index (χ3n) is 3.36. The van der Waals surface area contributed by atoms with Crippen molar-refractivity contribution in [3.63, 3.8) is 0 Å². The third-order valence-corrected chi connectivity index (χ3v) is 3.36. The first-order valence-corrected chi connectivity index (χ1v) is 6.45. The largest absolute Gasteiger partial charge is 0.508 e. The molecular formula is C18H14O2.